The van der Waals surface area contributed by atoms with Crippen LogP contribution in [0.5, 0.6) is 0 Å². The highest BCUT2D eigenvalue weighted by atomic mass is 32.1. The van der Waals surface area contributed by atoms with Crippen LogP contribution in [-0.4, -0.2) is 23.9 Å². The maximum atomic E-state index is 12.1. The molecule has 1 aromatic carbocycles. The number of carbonyl (C=O) groups excluding carboxylic acids is 1. The minimum absolute atomic E-state index is 0.136. The van der Waals surface area contributed by atoms with Crippen LogP contribution in [0.4, 0.5) is 5.13 Å². The molecular formula is C16H18N2OS. The second-order valence-corrected chi connectivity index (χ2v) is 6.26. The van der Waals surface area contributed by atoms with Gasteiger partial charge in [0, 0.05) is 24.0 Å². The highest BCUT2D eigenvalue weighted by molar-refractivity contribution is 7.13. The van der Waals surface area contributed by atoms with Crippen molar-refractivity contribution in [3.8, 4) is 0 Å². The molecule has 0 saturated carbocycles. The minimum atomic E-state index is 0.136. The monoisotopic (exact) mass is 286 g/mol. The number of benzene rings is 1. The fraction of sp³-hybridized carbons (Fsp3) is 0.375. The second kappa shape index (κ2) is 5.75. The first kappa shape index (κ1) is 13.3. The van der Waals surface area contributed by atoms with Gasteiger partial charge in [0.2, 0.25) is 0 Å². The standard InChI is InChI=1S/C16H18N2OS/c1-12-7-8-18(10-12)16-17-14(11-20-16)9-15(19)13-5-3-2-4-6-13/h2-6,11-12H,7-10H2,1H3. The van der Waals surface area contributed by atoms with Crippen molar-refractivity contribution >= 4 is 22.3 Å². The van der Waals surface area contributed by atoms with E-state index in [1.807, 2.05) is 35.7 Å². The first-order chi connectivity index (χ1) is 9.72. The molecule has 1 aliphatic heterocycles. The van der Waals surface area contributed by atoms with Crippen molar-refractivity contribution in [2.75, 3.05) is 18.0 Å². The largest absolute Gasteiger partial charge is 0.348 e. The van der Waals surface area contributed by atoms with Gasteiger partial charge in [0.25, 0.3) is 0 Å². The Morgan fingerprint density at radius 2 is 2.20 bits per heavy atom. The summed E-state index contributed by atoms with van der Waals surface area (Å²) in [4.78, 5) is 19.1. The molecule has 1 fully saturated rings. The van der Waals surface area contributed by atoms with E-state index in [0.717, 1.165) is 35.4 Å². The first-order valence-electron chi connectivity index (χ1n) is 7.00. The molecule has 4 heteroatoms. The summed E-state index contributed by atoms with van der Waals surface area (Å²) in [6.07, 6.45) is 1.63. The van der Waals surface area contributed by atoms with E-state index in [4.69, 9.17) is 0 Å². The van der Waals surface area contributed by atoms with Crippen molar-refractivity contribution in [1.29, 1.82) is 0 Å². The lowest BCUT2D eigenvalue weighted by molar-refractivity contribution is 0.0992. The third kappa shape index (κ3) is 2.90. The molecular weight excluding hydrogens is 268 g/mol. The number of hydrogen-bond acceptors (Lipinski definition) is 4. The molecule has 0 amide bonds. The fourth-order valence-electron chi connectivity index (χ4n) is 2.52. The molecule has 2 heterocycles. The van der Waals surface area contributed by atoms with Gasteiger partial charge in [-0.15, -0.1) is 11.3 Å². The predicted molar refractivity (Wildman–Crippen MR) is 82.6 cm³/mol. The van der Waals surface area contributed by atoms with Gasteiger partial charge in [-0.1, -0.05) is 37.3 Å². The third-order valence-corrected chi connectivity index (χ3v) is 4.62. The normalized spacial score (nSPS) is 18.4. The Balaban J connectivity index is 1.67. The van der Waals surface area contributed by atoms with Crippen LogP contribution >= 0.6 is 11.3 Å². The van der Waals surface area contributed by atoms with Crippen LogP contribution in [0.15, 0.2) is 35.7 Å². The van der Waals surface area contributed by atoms with Crippen molar-refractivity contribution in [3.63, 3.8) is 0 Å². The maximum absolute atomic E-state index is 12.1. The summed E-state index contributed by atoms with van der Waals surface area (Å²) < 4.78 is 0. The molecule has 1 unspecified atom stereocenters. The lowest BCUT2D eigenvalue weighted by atomic mass is 10.1. The quantitative estimate of drug-likeness (QED) is 0.808. The molecule has 2 aromatic rings. The SMILES string of the molecule is CC1CCN(c2nc(CC(=O)c3ccccc3)cs2)C1. The van der Waals surface area contributed by atoms with Crippen LogP contribution in [0.1, 0.15) is 29.4 Å². The molecule has 0 radical (unpaired) electrons. The summed E-state index contributed by atoms with van der Waals surface area (Å²) in [7, 11) is 0. The summed E-state index contributed by atoms with van der Waals surface area (Å²) in [6.45, 7) is 4.44. The number of thiazole rings is 1. The van der Waals surface area contributed by atoms with E-state index in [1.54, 1.807) is 11.3 Å². The smallest absolute Gasteiger partial charge is 0.185 e. The summed E-state index contributed by atoms with van der Waals surface area (Å²) in [5.41, 5.74) is 1.65. The van der Waals surface area contributed by atoms with Crippen molar-refractivity contribution in [2.45, 2.75) is 19.8 Å². The first-order valence-corrected chi connectivity index (χ1v) is 7.88. The van der Waals surface area contributed by atoms with E-state index < -0.39 is 0 Å². The Bertz CT molecular complexity index is 594. The molecule has 0 spiro atoms. The van der Waals surface area contributed by atoms with Crippen LogP contribution in [0.3, 0.4) is 0 Å². The van der Waals surface area contributed by atoms with E-state index in [0.29, 0.717) is 6.42 Å². The molecule has 0 N–H and O–H groups in total. The van der Waals surface area contributed by atoms with Crippen LogP contribution in [0.2, 0.25) is 0 Å². The Morgan fingerprint density at radius 1 is 1.40 bits per heavy atom. The third-order valence-electron chi connectivity index (χ3n) is 3.67. The summed E-state index contributed by atoms with van der Waals surface area (Å²) in [5, 5.41) is 3.07. The number of hydrogen-bond donors (Lipinski definition) is 0. The highest BCUT2D eigenvalue weighted by Gasteiger charge is 2.21. The van der Waals surface area contributed by atoms with Gasteiger partial charge in [0.15, 0.2) is 10.9 Å². The van der Waals surface area contributed by atoms with Crippen molar-refractivity contribution in [1.82, 2.24) is 4.98 Å². The second-order valence-electron chi connectivity index (χ2n) is 5.43. The number of ketones is 1. The Labute approximate surface area is 123 Å². The molecule has 104 valence electrons. The van der Waals surface area contributed by atoms with E-state index in [-0.39, 0.29) is 5.78 Å². The number of carbonyl (C=O) groups is 1. The van der Waals surface area contributed by atoms with Gasteiger partial charge in [0.1, 0.15) is 0 Å². The zero-order chi connectivity index (χ0) is 13.9. The van der Waals surface area contributed by atoms with Gasteiger partial charge in [-0.2, -0.15) is 0 Å². The number of aromatic nitrogens is 1. The fourth-order valence-corrected chi connectivity index (χ4v) is 3.38. The summed E-state index contributed by atoms with van der Waals surface area (Å²) in [6, 6.07) is 9.43. The van der Waals surface area contributed by atoms with E-state index in [9.17, 15) is 4.79 Å². The van der Waals surface area contributed by atoms with Gasteiger partial charge in [0.05, 0.1) is 12.1 Å². The summed E-state index contributed by atoms with van der Waals surface area (Å²) >= 11 is 1.65. The summed E-state index contributed by atoms with van der Waals surface area (Å²) in [5.74, 6) is 0.880. The van der Waals surface area contributed by atoms with Crippen molar-refractivity contribution in [3.05, 3.63) is 47.0 Å². The molecule has 0 bridgehead atoms. The molecule has 1 aliphatic rings. The minimum Gasteiger partial charge on any atom is -0.348 e. The molecule has 3 nitrogen and oxygen atoms in total. The molecule has 3 rings (SSSR count). The average Bonchev–Trinajstić information content (AvgIpc) is 3.09. The van der Waals surface area contributed by atoms with Gasteiger partial charge in [-0.25, -0.2) is 4.98 Å². The van der Waals surface area contributed by atoms with Gasteiger partial charge < -0.3 is 4.90 Å². The number of Topliss-reactive ketones (excluding diaryl/α,β-unsaturated/α-hetero) is 1. The average molecular weight is 286 g/mol. The molecule has 20 heavy (non-hydrogen) atoms. The maximum Gasteiger partial charge on any atom is 0.185 e. The van der Waals surface area contributed by atoms with Gasteiger partial charge in [-0.3, -0.25) is 4.79 Å². The Kier molecular flexibility index (Phi) is 3.83. The van der Waals surface area contributed by atoms with Crippen molar-refractivity contribution < 1.29 is 4.79 Å². The number of nitrogens with zero attached hydrogens (tertiary/aromatic N) is 2. The molecule has 1 atom stereocenters. The molecule has 1 saturated heterocycles. The number of anilines is 1. The van der Waals surface area contributed by atoms with Crippen molar-refractivity contribution in [2.24, 2.45) is 5.92 Å². The molecule has 1 aromatic heterocycles. The van der Waals surface area contributed by atoms with E-state index >= 15 is 0 Å². The highest BCUT2D eigenvalue weighted by Crippen LogP contribution is 2.27. The zero-order valence-corrected chi connectivity index (χ0v) is 12.4. The van der Waals surface area contributed by atoms with Crippen LogP contribution in [-0.2, 0) is 6.42 Å². The van der Waals surface area contributed by atoms with Gasteiger partial charge >= 0.3 is 0 Å². The van der Waals surface area contributed by atoms with Gasteiger partial charge in [-0.05, 0) is 12.3 Å². The number of rotatable bonds is 4. The van der Waals surface area contributed by atoms with E-state index in [2.05, 4.69) is 16.8 Å². The van der Waals surface area contributed by atoms with Crippen LogP contribution in [0.25, 0.3) is 0 Å². The zero-order valence-electron chi connectivity index (χ0n) is 11.6. The van der Waals surface area contributed by atoms with Crippen LogP contribution in [0, 0.1) is 5.92 Å². The Hall–Kier alpha value is -1.68. The topological polar surface area (TPSA) is 33.2 Å². The van der Waals surface area contributed by atoms with Crippen LogP contribution < -0.4 is 4.90 Å². The lowest BCUT2D eigenvalue weighted by Gasteiger charge is -2.13. The Morgan fingerprint density at radius 3 is 2.90 bits per heavy atom. The van der Waals surface area contributed by atoms with E-state index in [1.165, 1.54) is 6.42 Å². The lowest BCUT2D eigenvalue weighted by Crippen LogP contribution is -2.18. The molecule has 0 aliphatic carbocycles. The predicted octanol–water partition coefficient (Wildman–Crippen LogP) is 3.41.